The van der Waals surface area contributed by atoms with Crippen LogP contribution in [0.1, 0.15) is 11.1 Å². The summed E-state index contributed by atoms with van der Waals surface area (Å²) in [6.45, 7) is 0. The first-order valence-corrected chi connectivity index (χ1v) is 11.6. The van der Waals surface area contributed by atoms with E-state index in [2.05, 4.69) is 10.6 Å². The first-order chi connectivity index (χ1) is 15.7. The van der Waals surface area contributed by atoms with E-state index in [1.54, 1.807) is 49.5 Å². The van der Waals surface area contributed by atoms with Crippen molar-refractivity contribution < 1.29 is 4.79 Å². The number of nitrogens with zero attached hydrogens (tertiary/aromatic N) is 2. The van der Waals surface area contributed by atoms with Crippen LogP contribution in [-0.4, -0.2) is 29.9 Å². The molecule has 3 aromatic carbocycles. The van der Waals surface area contributed by atoms with Crippen molar-refractivity contribution in [2.24, 2.45) is 4.99 Å². The van der Waals surface area contributed by atoms with Crippen LogP contribution < -0.4 is 15.5 Å². The molecule has 0 bridgehead atoms. The molecular weight excluding hydrogens is 522 g/mol. The van der Waals surface area contributed by atoms with Crippen LogP contribution in [0.25, 0.3) is 0 Å². The largest absolute Gasteiger partial charge is 0.333 e. The lowest BCUT2D eigenvalue weighted by Crippen LogP contribution is -2.47. The summed E-state index contributed by atoms with van der Waals surface area (Å²) in [5.74, 6) is -0.307. The van der Waals surface area contributed by atoms with E-state index in [1.807, 2.05) is 18.2 Å². The number of nitrogens with one attached hydrogen (secondary N) is 2. The van der Waals surface area contributed by atoms with Gasteiger partial charge in [-0.05, 0) is 54.7 Å². The molecule has 1 unspecified atom stereocenters. The zero-order valence-corrected chi connectivity index (χ0v) is 20.9. The van der Waals surface area contributed by atoms with Crippen molar-refractivity contribution in [3.05, 3.63) is 91.9 Å². The second-order valence-corrected chi connectivity index (χ2v) is 9.21. The van der Waals surface area contributed by atoms with Gasteiger partial charge < -0.3 is 15.5 Å². The molecule has 0 fully saturated rings. The fourth-order valence-electron chi connectivity index (χ4n) is 3.37. The number of amides is 1. The number of halogens is 4. The van der Waals surface area contributed by atoms with Crippen LogP contribution in [0, 0.1) is 0 Å². The van der Waals surface area contributed by atoms with Crippen LogP contribution in [0.2, 0.25) is 20.1 Å². The van der Waals surface area contributed by atoms with Crippen LogP contribution in [0.15, 0.2) is 65.7 Å². The third-order valence-corrected chi connectivity index (χ3v) is 6.50. The SMILES string of the molecule is CN1C(=O)C(NC(=S)Nc2ccc(Cl)c(Cl)c2)N=C(c2ccccc2Cl)c2cc(Cl)ccc21. The molecule has 1 aliphatic heterocycles. The molecule has 2 N–H and O–H groups in total. The molecule has 0 aromatic heterocycles. The number of anilines is 2. The molecule has 1 aliphatic rings. The van der Waals surface area contributed by atoms with E-state index < -0.39 is 6.17 Å². The second kappa shape index (κ2) is 9.87. The fourth-order valence-corrected chi connectivity index (χ4v) is 4.30. The molecule has 0 saturated carbocycles. The van der Waals surface area contributed by atoms with E-state index in [9.17, 15) is 4.79 Å². The Morgan fingerprint density at radius 2 is 1.70 bits per heavy atom. The maximum Gasteiger partial charge on any atom is 0.272 e. The van der Waals surface area contributed by atoms with E-state index in [1.165, 1.54) is 4.90 Å². The standard InChI is InChI=1S/C23H16Cl4N4OS/c1-31-19-9-6-12(24)10-15(19)20(14-4-2-3-5-16(14)25)29-21(22(31)32)30-23(33)28-13-7-8-17(26)18(27)11-13/h2-11,21H,1H3,(H2,28,30,33). The minimum atomic E-state index is -1.02. The van der Waals surface area contributed by atoms with Crippen molar-refractivity contribution in [2.45, 2.75) is 6.17 Å². The summed E-state index contributed by atoms with van der Waals surface area (Å²) in [5, 5.41) is 7.97. The highest BCUT2D eigenvalue weighted by Gasteiger charge is 2.31. The Kier molecular flexibility index (Phi) is 7.12. The Labute approximate surface area is 216 Å². The Morgan fingerprint density at radius 1 is 0.939 bits per heavy atom. The van der Waals surface area contributed by atoms with Gasteiger partial charge in [0.1, 0.15) is 0 Å². The van der Waals surface area contributed by atoms with Gasteiger partial charge in [-0.25, -0.2) is 4.99 Å². The molecule has 1 heterocycles. The predicted molar refractivity (Wildman–Crippen MR) is 142 cm³/mol. The van der Waals surface area contributed by atoms with Crippen molar-refractivity contribution in [3.63, 3.8) is 0 Å². The van der Waals surface area contributed by atoms with Crippen molar-refractivity contribution in [2.75, 3.05) is 17.3 Å². The number of fused-ring (bicyclic) bond motifs is 1. The van der Waals surface area contributed by atoms with E-state index in [0.717, 1.165) is 0 Å². The summed E-state index contributed by atoms with van der Waals surface area (Å²) in [5.41, 5.74) is 3.13. The van der Waals surface area contributed by atoms with Gasteiger partial charge in [0.05, 0.1) is 21.4 Å². The number of hydrogen-bond donors (Lipinski definition) is 2. The third kappa shape index (κ3) is 5.10. The van der Waals surface area contributed by atoms with Crippen molar-refractivity contribution in [1.29, 1.82) is 0 Å². The minimum Gasteiger partial charge on any atom is -0.333 e. The predicted octanol–water partition coefficient (Wildman–Crippen LogP) is 6.43. The molecule has 0 aliphatic carbocycles. The van der Waals surface area contributed by atoms with Crippen molar-refractivity contribution in [3.8, 4) is 0 Å². The normalized spacial score (nSPS) is 15.4. The Balaban J connectivity index is 1.73. The molecule has 0 radical (unpaired) electrons. The average molecular weight is 538 g/mol. The number of aliphatic imine (C=N–C) groups is 1. The lowest BCUT2D eigenvalue weighted by atomic mass is 10.00. The van der Waals surface area contributed by atoms with Crippen LogP contribution in [0.5, 0.6) is 0 Å². The molecule has 5 nitrogen and oxygen atoms in total. The molecule has 168 valence electrons. The number of rotatable bonds is 3. The minimum absolute atomic E-state index is 0.186. The monoisotopic (exact) mass is 536 g/mol. The van der Waals surface area contributed by atoms with Crippen LogP contribution >= 0.6 is 58.6 Å². The van der Waals surface area contributed by atoms with E-state index in [0.29, 0.717) is 48.3 Å². The van der Waals surface area contributed by atoms with Gasteiger partial charge in [-0.2, -0.15) is 0 Å². The Hall–Kier alpha value is -2.35. The van der Waals surface area contributed by atoms with Gasteiger partial charge in [0.25, 0.3) is 5.91 Å². The van der Waals surface area contributed by atoms with E-state index in [4.69, 9.17) is 63.6 Å². The summed E-state index contributed by atoms with van der Waals surface area (Å²) in [6, 6.07) is 17.5. The zero-order chi connectivity index (χ0) is 23.7. The smallest absolute Gasteiger partial charge is 0.272 e. The molecular formula is C23H16Cl4N4OS. The van der Waals surface area contributed by atoms with Crippen molar-refractivity contribution >= 4 is 86.7 Å². The number of hydrogen-bond acceptors (Lipinski definition) is 3. The lowest BCUT2D eigenvalue weighted by Gasteiger charge is -2.22. The molecule has 3 aromatic rings. The van der Waals surface area contributed by atoms with Crippen LogP contribution in [-0.2, 0) is 4.79 Å². The highest BCUT2D eigenvalue weighted by atomic mass is 35.5. The fraction of sp³-hybridized carbons (Fsp3) is 0.0870. The van der Waals surface area contributed by atoms with E-state index in [-0.39, 0.29) is 11.0 Å². The molecule has 4 rings (SSSR count). The lowest BCUT2D eigenvalue weighted by molar-refractivity contribution is -0.119. The molecule has 0 saturated heterocycles. The number of likely N-dealkylation sites (N-methyl/N-ethyl adjacent to an activating group) is 1. The number of benzodiazepines with no additional fused rings is 1. The number of carbonyl (C=O) groups is 1. The Bertz CT molecular complexity index is 1300. The maximum atomic E-state index is 13.3. The number of carbonyl (C=O) groups excluding carboxylic acids is 1. The summed E-state index contributed by atoms with van der Waals surface area (Å²) in [4.78, 5) is 19.5. The van der Waals surface area contributed by atoms with Gasteiger partial charge in [0, 0.05) is 33.9 Å². The van der Waals surface area contributed by atoms with Gasteiger partial charge in [-0.3, -0.25) is 4.79 Å². The molecule has 0 spiro atoms. The first-order valence-electron chi connectivity index (χ1n) is 9.67. The quantitative estimate of drug-likeness (QED) is 0.378. The van der Waals surface area contributed by atoms with Gasteiger partial charge in [0.2, 0.25) is 6.17 Å². The van der Waals surface area contributed by atoms with Crippen LogP contribution in [0.3, 0.4) is 0 Å². The van der Waals surface area contributed by atoms with E-state index >= 15 is 0 Å². The summed E-state index contributed by atoms with van der Waals surface area (Å²) >= 11 is 30.2. The second-order valence-electron chi connectivity index (χ2n) is 7.15. The molecule has 1 atom stereocenters. The van der Waals surface area contributed by atoms with Crippen LogP contribution in [0.4, 0.5) is 11.4 Å². The summed E-state index contributed by atoms with van der Waals surface area (Å²) in [7, 11) is 1.67. The maximum absolute atomic E-state index is 13.3. The van der Waals surface area contributed by atoms with Crippen molar-refractivity contribution in [1.82, 2.24) is 5.32 Å². The summed E-state index contributed by atoms with van der Waals surface area (Å²) < 4.78 is 0. The van der Waals surface area contributed by atoms with Gasteiger partial charge in [0.15, 0.2) is 5.11 Å². The highest BCUT2D eigenvalue weighted by molar-refractivity contribution is 7.80. The average Bonchev–Trinajstić information content (AvgIpc) is 2.87. The number of thiocarbonyl (C=S) groups is 1. The Morgan fingerprint density at radius 3 is 2.42 bits per heavy atom. The summed E-state index contributed by atoms with van der Waals surface area (Å²) in [6.07, 6.45) is -1.02. The molecule has 1 amide bonds. The molecule has 10 heteroatoms. The van der Waals surface area contributed by atoms with Gasteiger partial charge >= 0.3 is 0 Å². The van der Waals surface area contributed by atoms with Gasteiger partial charge in [-0.1, -0.05) is 64.6 Å². The highest BCUT2D eigenvalue weighted by Crippen LogP contribution is 2.32. The topological polar surface area (TPSA) is 56.7 Å². The van der Waals surface area contributed by atoms with Gasteiger partial charge in [-0.15, -0.1) is 0 Å². The first kappa shape index (κ1) is 23.8. The number of benzene rings is 3. The third-order valence-electron chi connectivity index (χ3n) is 4.97. The zero-order valence-electron chi connectivity index (χ0n) is 17.1. The molecule has 33 heavy (non-hydrogen) atoms.